The number of hydrogen-bond donors (Lipinski definition) is 2. The first-order valence-corrected chi connectivity index (χ1v) is 8.88. The van der Waals surface area contributed by atoms with Gasteiger partial charge < -0.3 is 5.11 Å². The first kappa shape index (κ1) is 14.8. The maximum absolute atomic E-state index is 12.3. The molecule has 0 unspecified atom stereocenters. The van der Waals surface area contributed by atoms with Crippen molar-refractivity contribution in [2.24, 2.45) is 0 Å². The highest BCUT2D eigenvalue weighted by Crippen LogP contribution is 2.46. The molecule has 0 bridgehead atoms. The normalized spacial score (nSPS) is 17.4. The Hall–Kier alpha value is -0.560. The predicted molar refractivity (Wildman–Crippen MR) is 77.8 cm³/mol. The molecule has 1 aliphatic carbocycles. The Bertz CT molecular complexity index is 565. The fourth-order valence-corrected chi connectivity index (χ4v) is 4.17. The molecule has 4 nitrogen and oxygen atoms in total. The van der Waals surface area contributed by atoms with Crippen molar-refractivity contribution < 1.29 is 13.5 Å². The second kappa shape index (κ2) is 5.44. The van der Waals surface area contributed by atoms with E-state index in [1.165, 1.54) is 6.07 Å². The number of aryl methyl sites for hydroxylation is 1. The van der Waals surface area contributed by atoms with Crippen molar-refractivity contribution in [1.29, 1.82) is 0 Å². The Morgan fingerprint density at radius 2 is 2.11 bits per heavy atom. The molecule has 1 saturated carbocycles. The zero-order chi connectivity index (χ0) is 14.1. The Morgan fingerprint density at radius 3 is 2.63 bits per heavy atom. The van der Waals surface area contributed by atoms with Crippen LogP contribution in [0.4, 0.5) is 0 Å². The summed E-state index contributed by atoms with van der Waals surface area (Å²) in [7, 11) is -3.50. The van der Waals surface area contributed by atoms with Gasteiger partial charge in [-0.15, -0.1) is 0 Å². The van der Waals surface area contributed by atoms with E-state index in [4.69, 9.17) is 5.11 Å². The maximum atomic E-state index is 12.3. The SMILES string of the molecule is CSC1(CNS(=O)(=O)c2cc(CO)ccc2C)CC1. The Balaban J connectivity index is 2.19. The number of hydrogen-bond acceptors (Lipinski definition) is 4. The molecule has 6 heteroatoms. The van der Waals surface area contributed by atoms with E-state index in [1.807, 2.05) is 6.26 Å². The number of rotatable bonds is 6. The molecule has 2 rings (SSSR count). The molecule has 1 aromatic carbocycles. The molecule has 0 radical (unpaired) electrons. The lowest BCUT2D eigenvalue weighted by Crippen LogP contribution is -2.32. The van der Waals surface area contributed by atoms with Gasteiger partial charge in [-0.2, -0.15) is 11.8 Å². The van der Waals surface area contributed by atoms with Crippen molar-refractivity contribution >= 4 is 21.8 Å². The summed E-state index contributed by atoms with van der Waals surface area (Å²) < 4.78 is 27.4. The smallest absolute Gasteiger partial charge is 0.240 e. The quantitative estimate of drug-likeness (QED) is 0.838. The van der Waals surface area contributed by atoms with Crippen LogP contribution in [0.2, 0.25) is 0 Å². The zero-order valence-corrected chi connectivity index (χ0v) is 12.8. The van der Waals surface area contributed by atoms with Crippen molar-refractivity contribution in [2.45, 2.75) is 36.0 Å². The monoisotopic (exact) mass is 301 g/mol. The topological polar surface area (TPSA) is 66.4 Å². The third kappa shape index (κ3) is 3.31. The van der Waals surface area contributed by atoms with E-state index in [-0.39, 0.29) is 16.2 Å². The first-order chi connectivity index (χ1) is 8.92. The molecule has 2 N–H and O–H groups in total. The minimum Gasteiger partial charge on any atom is -0.392 e. The van der Waals surface area contributed by atoms with Gasteiger partial charge in [-0.3, -0.25) is 0 Å². The maximum Gasteiger partial charge on any atom is 0.240 e. The van der Waals surface area contributed by atoms with Crippen LogP contribution in [0.25, 0.3) is 0 Å². The van der Waals surface area contributed by atoms with Gasteiger partial charge in [0.2, 0.25) is 10.0 Å². The average Bonchev–Trinajstić information content (AvgIpc) is 3.18. The van der Waals surface area contributed by atoms with Crippen LogP contribution in [0, 0.1) is 6.92 Å². The van der Waals surface area contributed by atoms with Gasteiger partial charge >= 0.3 is 0 Å². The molecular weight excluding hydrogens is 282 g/mol. The van der Waals surface area contributed by atoms with Crippen LogP contribution >= 0.6 is 11.8 Å². The number of nitrogens with one attached hydrogen (secondary N) is 1. The van der Waals surface area contributed by atoms with Crippen molar-refractivity contribution in [3.05, 3.63) is 29.3 Å². The fourth-order valence-electron chi connectivity index (χ4n) is 1.93. The molecule has 1 aliphatic rings. The third-order valence-corrected chi connectivity index (χ3v) is 6.51. The largest absolute Gasteiger partial charge is 0.392 e. The average molecular weight is 301 g/mol. The second-order valence-electron chi connectivity index (χ2n) is 4.97. The molecule has 0 atom stereocenters. The summed E-state index contributed by atoms with van der Waals surface area (Å²) in [5.74, 6) is 0. The van der Waals surface area contributed by atoms with Gasteiger partial charge in [0, 0.05) is 11.3 Å². The molecule has 1 fully saturated rings. The number of thioether (sulfide) groups is 1. The van der Waals surface area contributed by atoms with Crippen LogP contribution in [0.5, 0.6) is 0 Å². The fraction of sp³-hybridized carbons (Fsp3) is 0.538. The van der Waals surface area contributed by atoms with Crippen molar-refractivity contribution in [3.8, 4) is 0 Å². The van der Waals surface area contributed by atoms with Gasteiger partial charge in [-0.05, 0) is 43.2 Å². The summed E-state index contributed by atoms with van der Waals surface area (Å²) in [5.41, 5.74) is 1.30. The number of aliphatic hydroxyl groups is 1. The molecule has 0 saturated heterocycles. The van der Waals surface area contributed by atoms with Crippen molar-refractivity contribution in [2.75, 3.05) is 12.8 Å². The molecule has 0 aromatic heterocycles. The van der Waals surface area contributed by atoms with Gasteiger partial charge in [-0.25, -0.2) is 13.1 Å². The van der Waals surface area contributed by atoms with Crippen molar-refractivity contribution in [3.63, 3.8) is 0 Å². The molecule has 0 amide bonds. The lowest BCUT2D eigenvalue weighted by molar-refractivity contribution is 0.281. The Kier molecular flexibility index (Phi) is 4.25. The highest BCUT2D eigenvalue weighted by atomic mass is 32.2. The van der Waals surface area contributed by atoms with E-state index in [0.717, 1.165) is 12.8 Å². The first-order valence-electron chi connectivity index (χ1n) is 6.18. The van der Waals surface area contributed by atoms with Crippen LogP contribution in [0.15, 0.2) is 23.1 Å². The van der Waals surface area contributed by atoms with E-state index in [0.29, 0.717) is 17.7 Å². The van der Waals surface area contributed by atoms with Crippen LogP contribution in [-0.4, -0.2) is 31.1 Å². The van der Waals surface area contributed by atoms with Gasteiger partial charge in [-0.1, -0.05) is 12.1 Å². The highest BCUT2D eigenvalue weighted by Gasteiger charge is 2.42. The van der Waals surface area contributed by atoms with Gasteiger partial charge in [0.25, 0.3) is 0 Å². The third-order valence-electron chi connectivity index (χ3n) is 3.55. The molecule has 0 aliphatic heterocycles. The Morgan fingerprint density at radius 1 is 1.42 bits per heavy atom. The molecule has 0 spiro atoms. The van der Waals surface area contributed by atoms with Crippen LogP contribution < -0.4 is 4.72 Å². The van der Waals surface area contributed by atoms with Gasteiger partial charge in [0.05, 0.1) is 11.5 Å². The summed E-state index contributed by atoms with van der Waals surface area (Å²) in [6.07, 6.45) is 4.14. The summed E-state index contributed by atoms with van der Waals surface area (Å²) in [6.45, 7) is 2.08. The van der Waals surface area contributed by atoms with E-state index >= 15 is 0 Å². The second-order valence-corrected chi connectivity index (χ2v) is 7.98. The van der Waals surface area contributed by atoms with Crippen molar-refractivity contribution in [1.82, 2.24) is 4.72 Å². The van der Waals surface area contributed by atoms with Gasteiger partial charge in [0.1, 0.15) is 0 Å². The summed E-state index contributed by atoms with van der Waals surface area (Å²) in [4.78, 5) is 0.260. The molecule has 1 aromatic rings. The van der Waals surface area contributed by atoms with Gasteiger partial charge in [0.15, 0.2) is 0 Å². The van der Waals surface area contributed by atoms with E-state index in [9.17, 15) is 8.42 Å². The van der Waals surface area contributed by atoms with E-state index < -0.39 is 10.0 Å². The predicted octanol–water partition coefficient (Wildman–Crippen LogP) is 1.66. The molecular formula is C13H19NO3S2. The van der Waals surface area contributed by atoms with E-state index in [2.05, 4.69) is 4.72 Å². The summed E-state index contributed by atoms with van der Waals surface area (Å²) in [5, 5.41) is 9.11. The summed E-state index contributed by atoms with van der Waals surface area (Å²) in [6, 6.07) is 5.00. The highest BCUT2D eigenvalue weighted by molar-refractivity contribution is 8.00. The van der Waals surface area contributed by atoms with Crippen LogP contribution in [-0.2, 0) is 16.6 Å². The minimum atomic E-state index is -3.50. The molecule has 0 heterocycles. The lowest BCUT2D eigenvalue weighted by Gasteiger charge is -2.15. The number of sulfonamides is 1. The number of aliphatic hydroxyl groups excluding tert-OH is 1. The standard InChI is InChI=1S/C13H19NO3S2/c1-10-3-4-11(8-15)7-12(10)19(16,17)14-9-13(18-2)5-6-13/h3-4,7,14-15H,5-6,8-9H2,1-2H3. The number of benzene rings is 1. The van der Waals surface area contributed by atoms with Crippen LogP contribution in [0.1, 0.15) is 24.0 Å². The zero-order valence-electron chi connectivity index (χ0n) is 11.1. The lowest BCUT2D eigenvalue weighted by atomic mass is 10.2. The van der Waals surface area contributed by atoms with Crippen LogP contribution in [0.3, 0.4) is 0 Å². The molecule has 19 heavy (non-hydrogen) atoms. The minimum absolute atomic E-state index is 0.0928. The van der Waals surface area contributed by atoms with E-state index in [1.54, 1.807) is 30.8 Å². The summed E-state index contributed by atoms with van der Waals surface area (Å²) >= 11 is 1.72. The molecule has 106 valence electrons. The Labute approximate surface area is 118 Å².